The Balaban J connectivity index is 2.07. The van der Waals surface area contributed by atoms with Gasteiger partial charge in [0.1, 0.15) is 5.75 Å². The number of aromatic nitrogens is 1. The molecule has 0 unspecified atom stereocenters. The molecular formula is C20H18N2O5. The molecule has 2 aromatic carbocycles. The van der Waals surface area contributed by atoms with Gasteiger partial charge in [-0.3, -0.25) is 14.2 Å². The number of para-hydroxylation sites is 1. The maximum atomic E-state index is 12.9. The SMILES string of the molecule is COC(=O)c1ccccc1NC(=O)c1cn(C(C)=O)c2ccc(OC)cc12. The minimum absolute atomic E-state index is 0.223. The number of nitrogens with one attached hydrogen (secondary N) is 1. The van der Waals surface area contributed by atoms with Crippen LogP contribution < -0.4 is 10.1 Å². The number of amides is 1. The van der Waals surface area contributed by atoms with Crippen LogP contribution in [0.3, 0.4) is 0 Å². The second kappa shape index (κ2) is 7.33. The molecule has 0 bridgehead atoms. The molecule has 1 N–H and O–H groups in total. The number of anilines is 1. The van der Waals surface area contributed by atoms with Gasteiger partial charge < -0.3 is 14.8 Å². The molecular weight excluding hydrogens is 348 g/mol. The largest absolute Gasteiger partial charge is 0.497 e. The molecule has 3 aromatic rings. The van der Waals surface area contributed by atoms with Gasteiger partial charge in [-0.1, -0.05) is 12.1 Å². The molecule has 138 valence electrons. The highest BCUT2D eigenvalue weighted by Crippen LogP contribution is 2.27. The standard InChI is InChI=1S/C20H18N2O5/c1-12(23)22-11-16(15-10-13(26-2)8-9-18(15)22)19(24)21-17-7-5-4-6-14(17)20(25)27-3/h4-11H,1-3H3,(H,21,24). The number of nitrogens with zero attached hydrogens (tertiary/aromatic N) is 1. The minimum atomic E-state index is -0.557. The van der Waals surface area contributed by atoms with Gasteiger partial charge in [0.05, 0.1) is 36.6 Å². The van der Waals surface area contributed by atoms with Gasteiger partial charge in [-0.15, -0.1) is 0 Å². The topological polar surface area (TPSA) is 86.6 Å². The van der Waals surface area contributed by atoms with Gasteiger partial charge >= 0.3 is 5.97 Å². The molecule has 0 spiro atoms. The lowest BCUT2D eigenvalue weighted by atomic mass is 10.1. The average Bonchev–Trinajstić information content (AvgIpc) is 3.06. The Hall–Kier alpha value is -3.61. The molecule has 0 saturated heterocycles. The zero-order valence-electron chi connectivity index (χ0n) is 15.1. The van der Waals surface area contributed by atoms with E-state index in [-0.39, 0.29) is 11.5 Å². The molecule has 0 atom stereocenters. The zero-order valence-corrected chi connectivity index (χ0v) is 15.1. The van der Waals surface area contributed by atoms with Gasteiger partial charge in [-0.05, 0) is 30.3 Å². The van der Waals surface area contributed by atoms with Crippen molar-refractivity contribution in [3.63, 3.8) is 0 Å². The third kappa shape index (κ3) is 3.39. The molecule has 1 heterocycles. The van der Waals surface area contributed by atoms with E-state index in [1.54, 1.807) is 42.5 Å². The molecule has 1 aromatic heterocycles. The van der Waals surface area contributed by atoms with Crippen molar-refractivity contribution in [2.45, 2.75) is 6.92 Å². The van der Waals surface area contributed by atoms with E-state index in [9.17, 15) is 14.4 Å². The smallest absolute Gasteiger partial charge is 0.339 e. The Morgan fingerprint density at radius 1 is 1.00 bits per heavy atom. The fourth-order valence-corrected chi connectivity index (χ4v) is 2.85. The summed E-state index contributed by atoms with van der Waals surface area (Å²) in [6.07, 6.45) is 1.47. The van der Waals surface area contributed by atoms with Gasteiger partial charge in [0.2, 0.25) is 5.91 Å². The van der Waals surface area contributed by atoms with E-state index in [1.807, 2.05) is 0 Å². The summed E-state index contributed by atoms with van der Waals surface area (Å²) >= 11 is 0. The summed E-state index contributed by atoms with van der Waals surface area (Å²) in [6.45, 7) is 1.41. The lowest BCUT2D eigenvalue weighted by Gasteiger charge is -2.09. The summed E-state index contributed by atoms with van der Waals surface area (Å²) in [5.74, 6) is -0.671. The van der Waals surface area contributed by atoms with Gasteiger partial charge in [0.25, 0.3) is 5.91 Å². The fraction of sp³-hybridized carbons (Fsp3) is 0.150. The molecule has 7 nitrogen and oxygen atoms in total. The first kappa shape index (κ1) is 18.2. The van der Waals surface area contributed by atoms with Crippen LogP contribution in [0.4, 0.5) is 5.69 Å². The van der Waals surface area contributed by atoms with Gasteiger partial charge in [0.15, 0.2) is 0 Å². The number of benzene rings is 2. The minimum Gasteiger partial charge on any atom is -0.497 e. The molecule has 0 aliphatic carbocycles. The summed E-state index contributed by atoms with van der Waals surface area (Å²) in [7, 11) is 2.79. The van der Waals surface area contributed by atoms with E-state index in [4.69, 9.17) is 9.47 Å². The summed E-state index contributed by atoms with van der Waals surface area (Å²) in [5, 5.41) is 3.29. The normalized spacial score (nSPS) is 10.5. The Morgan fingerprint density at radius 2 is 1.74 bits per heavy atom. The highest BCUT2D eigenvalue weighted by molar-refractivity contribution is 6.15. The molecule has 0 aliphatic heterocycles. The van der Waals surface area contributed by atoms with Crippen LogP contribution in [0.1, 0.15) is 32.4 Å². The second-order valence-electron chi connectivity index (χ2n) is 5.81. The molecule has 1 amide bonds. The van der Waals surface area contributed by atoms with Crippen molar-refractivity contribution >= 4 is 34.4 Å². The van der Waals surface area contributed by atoms with Crippen molar-refractivity contribution in [1.82, 2.24) is 4.57 Å². The van der Waals surface area contributed by atoms with Crippen LogP contribution in [0, 0.1) is 0 Å². The lowest BCUT2D eigenvalue weighted by molar-refractivity contribution is 0.0601. The van der Waals surface area contributed by atoms with E-state index in [0.29, 0.717) is 27.9 Å². The number of esters is 1. The number of ether oxygens (including phenoxy) is 2. The predicted molar refractivity (Wildman–Crippen MR) is 101 cm³/mol. The van der Waals surface area contributed by atoms with Crippen molar-refractivity contribution in [2.24, 2.45) is 0 Å². The highest BCUT2D eigenvalue weighted by atomic mass is 16.5. The summed E-state index contributed by atoms with van der Waals surface area (Å²) in [4.78, 5) is 36.7. The lowest BCUT2D eigenvalue weighted by Crippen LogP contribution is -2.15. The molecule has 27 heavy (non-hydrogen) atoms. The van der Waals surface area contributed by atoms with Crippen molar-refractivity contribution < 1.29 is 23.9 Å². The molecule has 3 rings (SSSR count). The predicted octanol–water partition coefficient (Wildman–Crippen LogP) is 3.35. The highest BCUT2D eigenvalue weighted by Gasteiger charge is 2.20. The number of hydrogen-bond acceptors (Lipinski definition) is 5. The summed E-state index contributed by atoms with van der Waals surface area (Å²) in [5.41, 5.74) is 1.44. The van der Waals surface area contributed by atoms with Crippen LogP contribution in [-0.4, -0.2) is 36.6 Å². The number of fused-ring (bicyclic) bond motifs is 1. The molecule has 0 aliphatic rings. The fourth-order valence-electron chi connectivity index (χ4n) is 2.85. The van der Waals surface area contributed by atoms with E-state index in [1.165, 1.54) is 31.9 Å². The number of methoxy groups -OCH3 is 2. The third-order valence-corrected chi connectivity index (χ3v) is 4.18. The Morgan fingerprint density at radius 3 is 2.41 bits per heavy atom. The van der Waals surface area contributed by atoms with Crippen LogP contribution in [0.5, 0.6) is 5.75 Å². The van der Waals surface area contributed by atoms with Crippen LogP contribution in [-0.2, 0) is 4.74 Å². The maximum Gasteiger partial charge on any atom is 0.339 e. The number of hydrogen-bond donors (Lipinski definition) is 1. The van der Waals surface area contributed by atoms with Crippen molar-refractivity contribution in [1.29, 1.82) is 0 Å². The first-order valence-corrected chi connectivity index (χ1v) is 8.15. The summed E-state index contributed by atoms with van der Waals surface area (Å²) < 4.78 is 11.4. The quantitative estimate of drug-likeness (QED) is 0.716. The van der Waals surface area contributed by atoms with Gasteiger partial charge in [0, 0.05) is 18.5 Å². The van der Waals surface area contributed by atoms with Crippen LogP contribution >= 0.6 is 0 Å². The Labute approximate surface area is 155 Å². The van der Waals surface area contributed by atoms with Gasteiger partial charge in [-0.2, -0.15) is 0 Å². The third-order valence-electron chi connectivity index (χ3n) is 4.18. The second-order valence-corrected chi connectivity index (χ2v) is 5.81. The van der Waals surface area contributed by atoms with Crippen molar-refractivity contribution in [3.8, 4) is 5.75 Å². The molecule has 0 fully saturated rings. The molecule has 7 heteroatoms. The zero-order chi connectivity index (χ0) is 19.6. The van der Waals surface area contributed by atoms with E-state index in [2.05, 4.69) is 5.32 Å². The van der Waals surface area contributed by atoms with Gasteiger partial charge in [-0.25, -0.2) is 4.79 Å². The van der Waals surface area contributed by atoms with Crippen molar-refractivity contribution in [2.75, 3.05) is 19.5 Å². The average molecular weight is 366 g/mol. The van der Waals surface area contributed by atoms with Crippen molar-refractivity contribution in [3.05, 3.63) is 59.8 Å². The molecule has 0 saturated carbocycles. The Kier molecular flexibility index (Phi) is 4.94. The number of rotatable bonds is 4. The van der Waals surface area contributed by atoms with E-state index in [0.717, 1.165) is 0 Å². The number of carbonyl (C=O) groups excluding carboxylic acids is 3. The first-order chi connectivity index (χ1) is 13.0. The number of carbonyl (C=O) groups is 3. The first-order valence-electron chi connectivity index (χ1n) is 8.15. The maximum absolute atomic E-state index is 12.9. The van der Waals surface area contributed by atoms with Crippen LogP contribution in [0.25, 0.3) is 10.9 Å². The van der Waals surface area contributed by atoms with E-state index >= 15 is 0 Å². The molecule has 0 radical (unpaired) electrons. The van der Waals surface area contributed by atoms with Crippen LogP contribution in [0.15, 0.2) is 48.7 Å². The van der Waals surface area contributed by atoms with E-state index < -0.39 is 11.9 Å². The summed E-state index contributed by atoms with van der Waals surface area (Å²) in [6, 6.07) is 11.7. The Bertz CT molecular complexity index is 1050. The van der Waals surface area contributed by atoms with Crippen LogP contribution in [0.2, 0.25) is 0 Å². The monoisotopic (exact) mass is 366 g/mol.